The lowest BCUT2D eigenvalue weighted by atomic mass is 10.1. The van der Waals surface area contributed by atoms with Gasteiger partial charge in [-0.2, -0.15) is 0 Å². The fourth-order valence-corrected chi connectivity index (χ4v) is 2.48. The van der Waals surface area contributed by atoms with Gasteiger partial charge in [0.2, 0.25) is 0 Å². The normalized spacial score (nSPS) is 22.1. The molecule has 2 rings (SSSR count). The lowest BCUT2D eigenvalue weighted by Gasteiger charge is -2.18. The first kappa shape index (κ1) is 14.9. The van der Waals surface area contributed by atoms with E-state index in [9.17, 15) is 4.79 Å². The summed E-state index contributed by atoms with van der Waals surface area (Å²) >= 11 is 0. The fourth-order valence-electron chi connectivity index (χ4n) is 2.48. The summed E-state index contributed by atoms with van der Waals surface area (Å²) in [4.78, 5) is 12.0. The highest BCUT2D eigenvalue weighted by atomic mass is 16.5. The molecule has 1 heterocycles. The van der Waals surface area contributed by atoms with Crippen molar-refractivity contribution >= 4 is 11.6 Å². The summed E-state index contributed by atoms with van der Waals surface area (Å²) in [6, 6.07) is 6.38. The average Bonchev–Trinajstić information content (AvgIpc) is 2.74. The molecule has 1 aliphatic heterocycles. The zero-order valence-corrected chi connectivity index (χ0v) is 12.7. The Bertz CT molecular complexity index is 485. The van der Waals surface area contributed by atoms with Crippen molar-refractivity contribution in [1.29, 1.82) is 0 Å². The van der Waals surface area contributed by atoms with Crippen molar-refractivity contribution in [2.45, 2.75) is 52.3 Å². The van der Waals surface area contributed by atoms with Crippen LogP contribution in [0.1, 0.15) is 43.1 Å². The molecule has 0 bridgehead atoms. The third kappa shape index (κ3) is 3.51. The predicted octanol–water partition coefficient (Wildman–Crippen LogP) is 2.72. The predicted molar refractivity (Wildman–Crippen MR) is 81.2 cm³/mol. The molecule has 4 nitrogen and oxygen atoms in total. The zero-order valence-electron chi connectivity index (χ0n) is 12.7. The summed E-state index contributed by atoms with van der Waals surface area (Å²) in [6.07, 6.45) is 1.26. The third-order valence-corrected chi connectivity index (χ3v) is 3.62. The van der Waals surface area contributed by atoms with Crippen LogP contribution in [0.4, 0.5) is 5.69 Å². The van der Waals surface area contributed by atoms with Crippen molar-refractivity contribution in [1.82, 2.24) is 5.32 Å². The van der Waals surface area contributed by atoms with Crippen LogP contribution in [0.3, 0.4) is 0 Å². The number of hydrogen-bond donors (Lipinski definition) is 2. The fraction of sp³-hybridized carbons (Fsp3) is 0.562. The van der Waals surface area contributed by atoms with Crippen molar-refractivity contribution in [2.75, 3.05) is 11.9 Å². The van der Waals surface area contributed by atoms with E-state index in [1.165, 1.54) is 0 Å². The first-order valence-corrected chi connectivity index (χ1v) is 7.27. The lowest BCUT2D eigenvalue weighted by molar-refractivity contribution is 0.0942. The van der Waals surface area contributed by atoms with E-state index in [0.29, 0.717) is 6.04 Å². The van der Waals surface area contributed by atoms with Crippen LogP contribution in [-0.4, -0.2) is 30.7 Å². The number of aryl methyl sites for hydroxylation is 1. The van der Waals surface area contributed by atoms with Crippen LogP contribution in [0.2, 0.25) is 0 Å². The van der Waals surface area contributed by atoms with E-state index in [0.717, 1.165) is 29.8 Å². The number of nitrogens with one attached hydrogen (secondary N) is 2. The van der Waals surface area contributed by atoms with E-state index in [1.807, 2.05) is 39.0 Å². The van der Waals surface area contributed by atoms with Gasteiger partial charge >= 0.3 is 0 Å². The quantitative estimate of drug-likeness (QED) is 0.889. The Labute approximate surface area is 120 Å². The van der Waals surface area contributed by atoms with E-state index in [1.54, 1.807) is 0 Å². The van der Waals surface area contributed by atoms with Crippen LogP contribution in [0.25, 0.3) is 0 Å². The van der Waals surface area contributed by atoms with Crippen molar-refractivity contribution in [2.24, 2.45) is 0 Å². The minimum atomic E-state index is -0.0124. The van der Waals surface area contributed by atoms with E-state index in [2.05, 4.69) is 17.6 Å². The van der Waals surface area contributed by atoms with Gasteiger partial charge in [0.15, 0.2) is 0 Å². The molecule has 0 spiro atoms. The van der Waals surface area contributed by atoms with Gasteiger partial charge in [-0.15, -0.1) is 0 Å². The molecule has 0 radical (unpaired) electrons. The van der Waals surface area contributed by atoms with Gasteiger partial charge in [0, 0.05) is 23.9 Å². The zero-order chi connectivity index (χ0) is 14.7. The first-order chi connectivity index (χ1) is 9.47. The minimum Gasteiger partial charge on any atom is -0.380 e. The molecule has 0 saturated carbocycles. The molecule has 1 aromatic rings. The Hall–Kier alpha value is -1.55. The molecular formula is C16H24N2O2. The Morgan fingerprint density at radius 1 is 1.40 bits per heavy atom. The molecule has 110 valence electrons. The van der Waals surface area contributed by atoms with E-state index < -0.39 is 0 Å². The minimum absolute atomic E-state index is 0.0124. The highest BCUT2D eigenvalue weighted by Gasteiger charge is 2.24. The van der Waals surface area contributed by atoms with Crippen LogP contribution in [-0.2, 0) is 4.74 Å². The second-order valence-corrected chi connectivity index (χ2v) is 5.77. The first-order valence-electron chi connectivity index (χ1n) is 7.27. The molecule has 0 aliphatic carbocycles. The molecule has 4 heteroatoms. The Morgan fingerprint density at radius 3 is 2.70 bits per heavy atom. The molecule has 20 heavy (non-hydrogen) atoms. The summed E-state index contributed by atoms with van der Waals surface area (Å²) in [7, 11) is 0. The number of benzene rings is 1. The molecule has 2 N–H and O–H groups in total. The molecule has 1 aliphatic rings. The van der Waals surface area contributed by atoms with Crippen LogP contribution in [0.15, 0.2) is 18.2 Å². The SMILES string of the molecule is Cc1cc(N[C@H]2CCO[C@H]2C)ccc1C(=O)NC(C)C. The van der Waals surface area contributed by atoms with E-state index >= 15 is 0 Å². The number of amides is 1. The maximum Gasteiger partial charge on any atom is 0.251 e. The van der Waals surface area contributed by atoms with Gasteiger partial charge in [-0.3, -0.25) is 4.79 Å². The summed E-state index contributed by atoms with van der Waals surface area (Å²) in [6.45, 7) is 8.79. The second kappa shape index (κ2) is 6.27. The summed E-state index contributed by atoms with van der Waals surface area (Å²) < 4.78 is 5.55. The van der Waals surface area contributed by atoms with Crippen molar-refractivity contribution in [3.8, 4) is 0 Å². The molecule has 1 aromatic carbocycles. The number of carbonyl (C=O) groups is 1. The maximum atomic E-state index is 12.0. The topological polar surface area (TPSA) is 50.4 Å². The number of hydrogen-bond acceptors (Lipinski definition) is 3. The smallest absolute Gasteiger partial charge is 0.251 e. The van der Waals surface area contributed by atoms with Crippen LogP contribution < -0.4 is 10.6 Å². The molecular weight excluding hydrogens is 252 g/mol. The summed E-state index contributed by atoms with van der Waals surface area (Å²) in [5, 5.41) is 6.40. The Morgan fingerprint density at radius 2 is 2.15 bits per heavy atom. The average molecular weight is 276 g/mol. The molecule has 1 amide bonds. The van der Waals surface area contributed by atoms with Gasteiger partial charge in [-0.05, 0) is 57.9 Å². The summed E-state index contributed by atoms with van der Waals surface area (Å²) in [5.41, 5.74) is 2.77. The highest BCUT2D eigenvalue weighted by Crippen LogP contribution is 2.21. The second-order valence-electron chi connectivity index (χ2n) is 5.77. The monoisotopic (exact) mass is 276 g/mol. The number of rotatable bonds is 4. The Kier molecular flexibility index (Phi) is 4.65. The number of ether oxygens (including phenoxy) is 1. The van der Waals surface area contributed by atoms with Gasteiger partial charge in [0.1, 0.15) is 0 Å². The van der Waals surface area contributed by atoms with Gasteiger partial charge in [-0.1, -0.05) is 0 Å². The number of carbonyl (C=O) groups excluding carboxylic acids is 1. The molecule has 1 saturated heterocycles. The lowest BCUT2D eigenvalue weighted by Crippen LogP contribution is -2.30. The molecule has 2 atom stereocenters. The van der Waals surface area contributed by atoms with Crippen LogP contribution in [0.5, 0.6) is 0 Å². The Balaban J connectivity index is 2.07. The van der Waals surface area contributed by atoms with E-state index in [4.69, 9.17) is 4.74 Å². The number of anilines is 1. The summed E-state index contributed by atoms with van der Waals surface area (Å²) in [5.74, 6) is -0.0124. The molecule has 0 unspecified atom stereocenters. The molecule has 0 aromatic heterocycles. The standard InChI is InChI=1S/C16H24N2O2/c1-10(2)17-16(19)14-6-5-13(9-11(14)3)18-15-7-8-20-12(15)4/h5-6,9-10,12,15,18H,7-8H2,1-4H3,(H,17,19)/t12-,15-/m0/s1. The molecule has 1 fully saturated rings. The highest BCUT2D eigenvalue weighted by molar-refractivity contribution is 5.96. The van der Waals surface area contributed by atoms with Crippen LogP contribution in [0, 0.1) is 6.92 Å². The van der Waals surface area contributed by atoms with Crippen molar-refractivity contribution in [3.05, 3.63) is 29.3 Å². The van der Waals surface area contributed by atoms with Crippen molar-refractivity contribution < 1.29 is 9.53 Å². The maximum absolute atomic E-state index is 12.0. The van der Waals surface area contributed by atoms with Gasteiger partial charge in [0.25, 0.3) is 5.91 Å². The van der Waals surface area contributed by atoms with E-state index in [-0.39, 0.29) is 18.1 Å². The third-order valence-electron chi connectivity index (χ3n) is 3.62. The largest absolute Gasteiger partial charge is 0.380 e. The van der Waals surface area contributed by atoms with Gasteiger partial charge in [-0.25, -0.2) is 0 Å². The van der Waals surface area contributed by atoms with Crippen LogP contribution >= 0.6 is 0 Å². The van der Waals surface area contributed by atoms with Gasteiger partial charge in [0.05, 0.1) is 12.1 Å². The van der Waals surface area contributed by atoms with Crippen molar-refractivity contribution in [3.63, 3.8) is 0 Å². The van der Waals surface area contributed by atoms with Gasteiger partial charge < -0.3 is 15.4 Å².